The van der Waals surface area contributed by atoms with Gasteiger partial charge in [-0.1, -0.05) is 6.07 Å². The Morgan fingerprint density at radius 1 is 1.20 bits per heavy atom. The summed E-state index contributed by atoms with van der Waals surface area (Å²) in [4.78, 5) is 12.0. The molecule has 0 aliphatic carbocycles. The van der Waals surface area contributed by atoms with E-state index in [1.54, 1.807) is 6.07 Å². The van der Waals surface area contributed by atoms with Gasteiger partial charge in [0.2, 0.25) is 0 Å². The van der Waals surface area contributed by atoms with Crippen LogP contribution in [0.5, 0.6) is 0 Å². The van der Waals surface area contributed by atoms with Crippen molar-refractivity contribution in [2.24, 2.45) is 0 Å². The molecule has 0 unspecified atom stereocenters. The summed E-state index contributed by atoms with van der Waals surface area (Å²) < 4.78 is 26.6. The number of carbonyl (C=O) groups excluding carboxylic acids is 1. The van der Waals surface area contributed by atoms with Crippen molar-refractivity contribution in [3.05, 3.63) is 63.6 Å². The van der Waals surface area contributed by atoms with Crippen LogP contribution in [0.2, 0.25) is 0 Å². The first-order valence-electron chi connectivity index (χ1n) is 5.48. The van der Waals surface area contributed by atoms with Crippen molar-refractivity contribution in [1.82, 2.24) is 0 Å². The minimum atomic E-state index is -0.717. The summed E-state index contributed by atoms with van der Waals surface area (Å²) in [6, 6.07) is 9.33. The van der Waals surface area contributed by atoms with Crippen LogP contribution in [0.4, 0.5) is 14.5 Å². The van der Waals surface area contributed by atoms with Crippen LogP contribution >= 0.6 is 15.9 Å². The number of carbonyl (C=O) groups is 1. The SMILES string of the molecule is N#Cc1c(F)cccc1NC(=O)c1ccc(F)c(Br)c1. The molecule has 0 aliphatic rings. The highest BCUT2D eigenvalue weighted by Gasteiger charge is 2.13. The minimum Gasteiger partial charge on any atom is -0.321 e. The fraction of sp³-hybridized carbons (Fsp3) is 0. The smallest absolute Gasteiger partial charge is 0.255 e. The van der Waals surface area contributed by atoms with Gasteiger partial charge < -0.3 is 5.32 Å². The summed E-state index contributed by atoms with van der Waals surface area (Å²) in [5.41, 5.74) is 0.00593. The molecule has 3 nitrogen and oxygen atoms in total. The highest BCUT2D eigenvalue weighted by molar-refractivity contribution is 9.10. The van der Waals surface area contributed by atoms with Gasteiger partial charge in [-0.05, 0) is 46.3 Å². The lowest BCUT2D eigenvalue weighted by Gasteiger charge is -2.08. The number of amides is 1. The van der Waals surface area contributed by atoms with Crippen molar-refractivity contribution < 1.29 is 13.6 Å². The van der Waals surface area contributed by atoms with Crippen LogP contribution < -0.4 is 5.32 Å². The second kappa shape index (κ2) is 5.80. The van der Waals surface area contributed by atoms with Gasteiger partial charge in [0.05, 0.1) is 10.2 Å². The highest BCUT2D eigenvalue weighted by Crippen LogP contribution is 2.21. The fourth-order valence-electron chi connectivity index (χ4n) is 1.57. The molecule has 2 aromatic carbocycles. The van der Waals surface area contributed by atoms with Gasteiger partial charge in [0, 0.05) is 5.56 Å². The van der Waals surface area contributed by atoms with Gasteiger partial charge in [-0.15, -0.1) is 0 Å². The lowest BCUT2D eigenvalue weighted by Crippen LogP contribution is -2.13. The summed E-state index contributed by atoms with van der Waals surface area (Å²) in [5.74, 6) is -1.77. The summed E-state index contributed by atoms with van der Waals surface area (Å²) in [6.45, 7) is 0. The van der Waals surface area contributed by atoms with Crippen LogP contribution in [0.25, 0.3) is 0 Å². The van der Waals surface area contributed by atoms with E-state index in [4.69, 9.17) is 5.26 Å². The first kappa shape index (κ1) is 14.2. The maximum absolute atomic E-state index is 13.4. The van der Waals surface area contributed by atoms with Crippen LogP contribution in [0.1, 0.15) is 15.9 Å². The molecule has 0 saturated heterocycles. The Bertz CT molecular complexity index is 726. The number of nitriles is 1. The summed E-state index contributed by atoms with van der Waals surface area (Å²) in [7, 11) is 0. The largest absolute Gasteiger partial charge is 0.321 e. The van der Waals surface area contributed by atoms with Crippen LogP contribution in [-0.4, -0.2) is 5.91 Å². The lowest BCUT2D eigenvalue weighted by molar-refractivity contribution is 0.102. The maximum Gasteiger partial charge on any atom is 0.255 e. The van der Waals surface area contributed by atoms with Crippen molar-refractivity contribution in [1.29, 1.82) is 5.26 Å². The topological polar surface area (TPSA) is 52.9 Å². The molecule has 100 valence electrons. The fourth-order valence-corrected chi connectivity index (χ4v) is 1.95. The summed E-state index contributed by atoms with van der Waals surface area (Å²) in [6.07, 6.45) is 0. The molecule has 2 rings (SSSR count). The van der Waals surface area contributed by atoms with Crippen molar-refractivity contribution in [3.63, 3.8) is 0 Å². The molecule has 0 spiro atoms. The monoisotopic (exact) mass is 336 g/mol. The third-order valence-electron chi connectivity index (χ3n) is 2.56. The normalized spacial score (nSPS) is 9.90. The zero-order chi connectivity index (χ0) is 14.7. The molecular formula is C14H7BrF2N2O. The van der Waals surface area contributed by atoms with Gasteiger partial charge in [-0.2, -0.15) is 5.26 Å². The van der Waals surface area contributed by atoms with E-state index in [0.29, 0.717) is 0 Å². The van der Waals surface area contributed by atoms with Crippen molar-refractivity contribution in [2.75, 3.05) is 5.32 Å². The molecule has 0 aliphatic heterocycles. The van der Waals surface area contributed by atoms with Crippen LogP contribution in [0.15, 0.2) is 40.9 Å². The molecule has 1 amide bonds. The summed E-state index contributed by atoms with van der Waals surface area (Å²) in [5, 5.41) is 11.3. The Labute approximate surface area is 122 Å². The number of halogens is 3. The van der Waals surface area contributed by atoms with E-state index in [-0.39, 0.29) is 21.3 Å². The number of nitrogens with zero attached hydrogens (tertiary/aromatic N) is 1. The van der Waals surface area contributed by atoms with E-state index in [9.17, 15) is 13.6 Å². The van der Waals surface area contributed by atoms with Crippen molar-refractivity contribution >= 4 is 27.5 Å². The van der Waals surface area contributed by atoms with E-state index in [1.807, 2.05) is 0 Å². The molecule has 2 aromatic rings. The highest BCUT2D eigenvalue weighted by atomic mass is 79.9. The molecule has 0 saturated carbocycles. The third kappa shape index (κ3) is 2.83. The molecule has 6 heteroatoms. The average molecular weight is 337 g/mol. The van der Waals surface area contributed by atoms with Gasteiger partial charge in [-0.25, -0.2) is 8.78 Å². The summed E-state index contributed by atoms with van der Waals surface area (Å²) >= 11 is 2.97. The Morgan fingerprint density at radius 2 is 1.95 bits per heavy atom. The van der Waals surface area contributed by atoms with E-state index < -0.39 is 17.5 Å². The van der Waals surface area contributed by atoms with Crippen LogP contribution in [0, 0.1) is 23.0 Å². The molecule has 0 fully saturated rings. The van der Waals surface area contributed by atoms with E-state index in [0.717, 1.165) is 12.1 Å². The molecule has 1 N–H and O–H groups in total. The van der Waals surface area contributed by atoms with Gasteiger partial charge in [0.15, 0.2) is 0 Å². The number of benzene rings is 2. The molecule has 0 heterocycles. The minimum absolute atomic E-state index is 0.0675. The van der Waals surface area contributed by atoms with Crippen LogP contribution in [-0.2, 0) is 0 Å². The molecule has 0 atom stereocenters. The molecular weight excluding hydrogens is 330 g/mol. The van der Waals surface area contributed by atoms with Gasteiger partial charge in [0.1, 0.15) is 23.3 Å². The number of anilines is 1. The standard InChI is InChI=1S/C14H7BrF2N2O/c15-10-6-8(4-5-12(10)17)14(20)19-13-3-1-2-11(16)9(13)7-18/h1-6H,(H,19,20). The Balaban J connectivity index is 2.31. The molecule has 0 radical (unpaired) electrons. The Kier molecular flexibility index (Phi) is 4.11. The quantitative estimate of drug-likeness (QED) is 0.905. The lowest BCUT2D eigenvalue weighted by atomic mass is 10.1. The number of rotatable bonds is 2. The molecule has 20 heavy (non-hydrogen) atoms. The van der Waals surface area contributed by atoms with Gasteiger partial charge in [0.25, 0.3) is 5.91 Å². The second-order valence-electron chi connectivity index (χ2n) is 3.86. The van der Waals surface area contributed by atoms with E-state index in [1.165, 1.54) is 24.3 Å². The zero-order valence-corrected chi connectivity index (χ0v) is 11.5. The predicted octanol–water partition coefficient (Wildman–Crippen LogP) is 3.85. The maximum atomic E-state index is 13.4. The number of nitrogens with one attached hydrogen (secondary N) is 1. The van der Waals surface area contributed by atoms with Crippen molar-refractivity contribution in [2.45, 2.75) is 0 Å². The van der Waals surface area contributed by atoms with Crippen molar-refractivity contribution in [3.8, 4) is 6.07 Å². The first-order valence-corrected chi connectivity index (χ1v) is 6.27. The van der Waals surface area contributed by atoms with E-state index in [2.05, 4.69) is 21.2 Å². The average Bonchev–Trinajstić information content (AvgIpc) is 2.42. The Morgan fingerprint density at radius 3 is 2.60 bits per heavy atom. The number of hydrogen-bond acceptors (Lipinski definition) is 2. The third-order valence-corrected chi connectivity index (χ3v) is 3.16. The van der Waals surface area contributed by atoms with E-state index >= 15 is 0 Å². The van der Waals surface area contributed by atoms with Crippen LogP contribution in [0.3, 0.4) is 0 Å². The molecule has 0 aromatic heterocycles. The van der Waals surface area contributed by atoms with Gasteiger partial charge in [-0.3, -0.25) is 4.79 Å². The number of hydrogen-bond donors (Lipinski definition) is 1. The van der Waals surface area contributed by atoms with Gasteiger partial charge >= 0.3 is 0 Å². The second-order valence-corrected chi connectivity index (χ2v) is 4.71. The zero-order valence-electron chi connectivity index (χ0n) is 9.95. The molecule has 0 bridgehead atoms. The first-order chi connectivity index (χ1) is 9.52. The Hall–Kier alpha value is -2.26. The predicted molar refractivity (Wildman–Crippen MR) is 73.2 cm³/mol.